The monoisotopic (exact) mass is 401 g/mol. The molecule has 0 unspecified atom stereocenters. The number of carbonyl (C=O) groups excluding carboxylic acids is 1. The molecule has 2 aromatic rings. The van der Waals surface area contributed by atoms with Crippen LogP contribution in [0.5, 0.6) is 0 Å². The van der Waals surface area contributed by atoms with Crippen molar-refractivity contribution in [3.05, 3.63) is 58.7 Å². The van der Waals surface area contributed by atoms with Crippen LogP contribution in [0.2, 0.25) is 0 Å². The van der Waals surface area contributed by atoms with Gasteiger partial charge in [0.2, 0.25) is 0 Å². The summed E-state index contributed by atoms with van der Waals surface area (Å²) in [6.45, 7) is 11.6. The molecule has 0 saturated carbocycles. The van der Waals surface area contributed by atoms with Gasteiger partial charge in [-0.2, -0.15) is 0 Å². The van der Waals surface area contributed by atoms with Crippen molar-refractivity contribution >= 4 is 29.8 Å². The summed E-state index contributed by atoms with van der Waals surface area (Å²) in [7, 11) is 0. The summed E-state index contributed by atoms with van der Waals surface area (Å²) in [5.41, 5.74) is 5.00. The third kappa shape index (κ3) is 3.54. The van der Waals surface area contributed by atoms with E-state index in [0.717, 1.165) is 0 Å². The predicted octanol–water partition coefficient (Wildman–Crippen LogP) is 2.36. The summed E-state index contributed by atoms with van der Waals surface area (Å²) in [6, 6.07) is 11.9. The maximum absolute atomic E-state index is 10.9. The topological polar surface area (TPSA) is 40.1 Å². The molecule has 0 radical (unpaired) electrons. The van der Waals surface area contributed by atoms with Crippen molar-refractivity contribution in [2.45, 2.75) is 58.3 Å². The number of fused-ring (bicyclic) bond motifs is 1. The summed E-state index contributed by atoms with van der Waals surface area (Å²) >= 11 is 0.168. The molecule has 0 bridgehead atoms. The van der Waals surface area contributed by atoms with Crippen LogP contribution in [0.1, 0.15) is 67.6 Å². The number of benzene rings is 2. The van der Waals surface area contributed by atoms with Gasteiger partial charge in [-0.05, 0) is 0 Å². The van der Waals surface area contributed by atoms with Crippen molar-refractivity contribution < 1.29 is 9.90 Å². The van der Waals surface area contributed by atoms with Crippen molar-refractivity contribution in [3.63, 3.8) is 0 Å². The van der Waals surface area contributed by atoms with E-state index in [1.165, 1.54) is 38.5 Å². The molecule has 0 aliphatic heterocycles. The van der Waals surface area contributed by atoms with Crippen molar-refractivity contribution in [2.75, 3.05) is 0 Å². The number of aryl methyl sites for hydroxylation is 1. The Morgan fingerprint density at radius 3 is 2.00 bits per heavy atom. The van der Waals surface area contributed by atoms with E-state index in [2.05, 4.69) is 46.8 Å². The quantitative estimate of drug-likeness (QED) is 0.743. The van der Waals surface area contributed by atoms with Crippen LogP contribution < -0.4 is 14.0 Å². The van der Waals surface area contributed by atoms with Crippen LogP contribution >= 0.6 is 0 Å². The Morgan fingerprint density at radius 1 is 0.960 bits per heavy atom. The van der Waals surface area contributed by atoms with Crippen molar-refractivity contribution in [1.29, 1.82) is 0 Å². The van der Waals surface area contributed by atoms with Gasteiger partial charge in [-0.15, -0.1) is 0 Å². The van der Waals surface area contributed by atoms with Gasteiger partial charge >= 0.3 is 157 Å². The summed E-state index contributed by atoms with van der Waals surface area (Å²) in [5.74, 6) is -1.12. The molecule has 0 amide bonds. The molecular formula is C22H25O2Se-. The zero-order valence-electron chi connectivity index (χ0n) is 15.6. The molecule has 0 aromatic heterocycles. The summed E-state index contributed by atoms with van der Waals surface area (Å²) in [5, 5.41) is 10.9. The standard InChI is InChI=1S/C22H26O2Se/c1-14-12-17-18(22(4,5)11-10-21(17,2)3)13-19(14)25-16-8-6-15(7-9-16)20(23)24/h6-9,12-13H,10-11H2,1-5H3,(H,23,24)/p-1. The third-order valence-corrected chi connectivity index (χ3v) is 7.92. The molecule has 3 heteroatoms. The Kier molecular flexibility index (Phi) is 4.59. The number of hydrogen-bond donors (Lipinski definition) is 0. The average Bonchev–Trinajstić information content (AvgIpc) is 2.54. The molecule has 0 N–H and O–H groups in total. The zero-order chi connectivity index (χ0) is 18.4. The second kappa shape index (κ2) is 6.30. The van der Waals surface area contributed by atoms with E-state index in [9.17, 15) is 9.90 Å². The molecule has 2 nitrogen and oxygen atoms in total. The Hall–Kier alpha value is -1.57. The van der Waals surface area contributed by atoms with Crippen LogP contribution in [0, 0.1) is 6.92 Å². The predicted molar refractivity (Wildman–Crippen MR) is 102 cm³/mol. The van der Waals surface area contributed by atoms with Crippen LogP contribution in [0.15, 0.2) is 36.4 Å². The van der Waals surface area contributed by atoms with E-state index in [1.807, 2.05) is 12.1 Å². The molecule has 132 valence electrons. The van der Waals surface area contributed by atoms with Crippen molar-refractivity contribution in [2.24, 2.45) is 0 Å². The Balaban J connectivity index is 1.99. The van der Waals surface area contributed by atoms with Crippen molar-refractivity contribution in [1.82, 2.24) is 0 Å². The molecule has 1 aliphatic rings. The van der Waals surface area contributed by atoms with E-state index in [0.29, 0.717) is 0 Å². The zero-order valence-corrected chi connectivity index (χ0v) is 17.3. The number of hydrogen-bond acceptors (Lipinski definition) is 2. The SMILES string of the molecule is Cc1cc2c(cc1[Se]c1ccc(C(=O)[O-])cc1)C(C)(C)CCC2(C)C. The van der Waals surface area contributed by atoms with Gasteiger partial charge in [-0.3, -0.25) is 0 Å². The van der Waals surface area contributed by atoms with E-state index >= 15 is 0 Å². The maximum atomic E-state index is 10.9. The molecule has 0 heterocycles. The molecule has 1 aliphatic carbocycles. The fraction of sp³-hybridized carbons (Fsp3) is 0.409. The first-order valence-electron chi connectivity index (χ1n) is 8.75. The summed E-state index contributed by atoms with van der Waals surface area (Å²) < 4.78 is 2.58. The van der Waals surface area contributed by atoms with E-state index < -0.39 is 5.97 Å². The van der Waals surface area contributed by atoms with Crippen LogP contribution in [0.25, 0.3) is 0 Å². The van der Waals surface area contributed by atoms with Gasteiger partial charge in [0.15, 0.2) is 0 Å². The first-order chi connectivity index (χ1) is 11.6. The Labute approximate surface area is 156 Å². The molecule has 0 spiro atoms. The average molecular weight is 400 g/mol. The van der Waals surface area contributed by atoms with Crippen LogP contribution in [0.3, 0.4) is 0 Å². The third-order valence-electron chi connectivity index (χ3n) is 5.47. The van der Waals surface area contributed by atoms with Gasteiger partial charge < -0.3 is 0 Å². The number of carbonyl (C=O) groups is 1. The number of rotatable bonds is 3. The first kappa shape index (κ1) is 18.2. The van der Waals surface area contributed by atoms with E-state index in [4.69, 9.17) is 0 Å². The minimum atomic E-state index is -1.12. The van der Waals surface area contributed by atoms with Crippen LogP contribution in [0.4, 0.5) is 0 Å². The van der Waals surface area contributed by atoms with Crippen LogP contribution in [-0.2, 0) is 10.8 Å². The van der Waals surface area contributed by atoms with E-state index in [-0.39, 0.29) is 31.4 Å². The van der Waals surface area contributed by atoms with Gasteiger partial charge in [-0.1, -0.05) is 0 Å². The molecule has 0 atom stereocenters. The molecule has 0 saturated heterocycles. The second-order valence-electron chi connectivity index (χ2n) is 8.34. The minimum absolute atomic E-state index is 0.168. The number of carboxylic acid groups (broad SMARTS) is 1. The Bertz CT molecular complexity index is 817. The van der Waals surface area contributed by atoms with Crippen molar-refractivity contribution in [3.8, 4) is 0 Å². The molecular weight excluding hydrogens is 375 g/mol. The first-order valence-corrected chi connectivity index (χ1v) is 10.5. The number of aromatic carboxylic acids is 1. The molecule has 0 fully saturated rings. The second-order valence-corrected chi connectivity index (χ2v) is 10.7. The molecule has 25 heavy (non-hydrogen) atoms. The number of carboxylic acids is 1. The van der Waals surface area contributed by atoms with Crippen LogP contribution in [-0.4, -0.2) is 20.9 Å². The summed E-state index contributed by atoms with van der Waals surface area (Å²) in [6.07, 6.45) is 2.43. The van der Waals surface area contributed by atoms with Gasteiger partial charge in [0.25, 0.3) is 0 Å². The molecule has 2 aromatic carbocycles. The molecule has 3 rings (SSSR count). The Morgan fingerprint density at radius 2 is 1.48 bits per heavy atom. The fourth-order valence-electron chi connectivity index (χ4n) is 3.60. The van der Waals surface area contributed by atoms with E-state index in [1.54, 1.807) is 12.1 Å². The van der Waals surface area contributed by atoms with Gasteiger partial charge in [0.1, 0.15) is 0 Å². The normalized spacial score (nSPS) is 17.8. The van der Waals surface area contributed by atoms with Gasteiger partial charge in [-0.25, -0.2) is 0 Å². The summed E-state index contributed by atoms with van der Waals surface area (Å²) in [4.78, 5) is 10.9. The fourth-order valence-corrected chi connectivity index (χ4v) is 5.53. The van der Waals surface area contributed by atoms with Gasteiger partial charge in [0.05, 0.1) is 0 Å². The van der Waals surface area contributed by atoms with Gasteiger partial charge in [0, 0.05) is 0 Å².